The molecule has 0 aliphatic rings. The maximum absolute atomic E-state index is 12.5. The molecule has 10 nitrogen and oxygen atoms in total. The Morgan fingerprint density at radius 1 is 1.11 bits per heavy atom. The number of nitrogens with one attached hydrogen (secondary N) is 2. The maximum atomic E-state index is 12.5. The Kier molecular flexibility index (Phi) is 9.47. The lowest BCUT2D eigenvalue weighted by molar-refractivity contribution is -0.116. The summed E-state index contributed by atoms with van der Waals surface area (Å²) in [5.74, 6) is -0.247. The fourth-order valence-corrected chi connectivity index (χ4v) is 4.06. The van der Waals surface area contributed by atoms with Gasteiger partial charge in [0.1, 0.15) is 4.88 Å². The molecular weight excluding hydrogens is 470 g/mol. The van der Waals surface area contributed by atoms with Crippen molar-refractivity contribution in [3.8, 4) is 11.4 Å². The quantitative estimate of drug-likeness (QED) is 0.278. The first-order valence-electron chi connectivity index (χ1n) is 11.5. The molecular formula is C24H29N5O5S. The zero-order valence-corrected chi connectivity index (χ0v) is 20.9. The van der Waals surface area contributed by atoms with Crippen molar-refractivity contribution in [3.63, 3.8) is 0 Å². The molecule has 0 aliphatic heterocycles. The average molecular weight is 500 g/mol. The second-order valence-electron chi connectivity index (χ2n) is 7.90. The van der Waals surface area contributed by atoms with Crippen LogP contribution in [-0.2, 0) is 9.53 Å². The molecule has 0 fully saturated rings. The first-order valence-corrected chi connectivity index (χ1v) is 12.3. The minimum Gasteiger partial charge on any atom is -0.461 e. The molecule has 2 heterocycles. The van der Waals surface area contributed by atoms with Gasteiger partial charge in [-0.1, -0.05) is 54.8 Å². The highest BCUT2D eigenvalue weighted by Gasteiger charge is 2.18. The molecule has 2 aromatic heterocycles. The fourth-order valence-electron chi connectivity index (χ4n) is 3.19. The first kappa shape index (κ1) is 26.0. The summed E-state index contributed by atoms with van der Waals surface area (Å²) in [6, 6.07) is 6.82. The second-order valence-corrected chi connectivity index (χ2v) is 8.90. The van der Waals surface area contributed by atoms with E-state index in [9.17, 15) is 14.4 Å². The molecule has 1 aromatic carbocycles. The molecule has 11 heteroatoms. The van der Waals surface area contributed by atoms with E-state index in [1.54, 1.807) is 38.1 Å². The van der Waals surface area contributed by atoms with Crippen molar-refractivity contribution < 1.29 is 23.6 Å². The Hall–Kier alpha value is -3.60. The van der Waals surface area contributed by atoms with Gasteiger partial charge in [-0.05, 0) is 25.5 Å². The number of hydrogen-bond donors (Lipinski definition) is 2. The topological polar surface area (TPSA) is 136 Å². The van der Waals surface area contributed by atoms with Crippen LogP contribution >= 0.6 is 11.3 Å². The molecule has 0 bridgehead atoms. The number of carbonyl (C=O) groups excluding carboxylic acids is 3. The number of rotatable bonds is 12. The molecule has 0 aliphatic carbocycles. The Morgan fingerprint density at radius 2 is 1.94 bits per heavy atom. The van der Waals surface area contributed by atoms with Gasteiger partial charge in [0.05, 0.1) is 12.3 Å². The predicted octanol–water partition coefficient (Wildman–Crippen LogP) is 4.31. The third-order valence-corrected chi connectivity index (χ3v) is 6.06. The van der Waals surface area contributed by atoms with E-state index in [-0.39, 0.29) is 24.8 Å². The van der Waals surface area contributed by atoms with E-state index in [2.05, 4.69) is 32.7 Å². The molecule has 3 rings (SSSR count). The van der Waals surface area contributed by atoms with Crippen LogP contribution in [0.25, 0.3) is 11.4 Å². The van der Waals surface area contributed by atoms with Crippen LogP contribution in [0, 0.1) is 13.8 Å². The minimum absolute atomic E-state index is 0.0469. The lowest BCUT2D eigenvalue weighted by Gasteiger charge is -2.06. The van der Waals surface area contributed by atoms with E-state index in [1.807, 2.05) is 0 Å². The number of nitrogens with zero attached hydrogens (tertiary/aromatic N) is 3. The molecule has 0 radical (unpaired) electrons. The number of aryl methyl sites for hydroxylation is 2. The summed E-state index contributed by atoms with van der Waals surface area (Å²) >= 11 is 1.08. The zero-order chi connectivity index (χ0) is 25.2. The van der Waals surface area contributed by atoms with Gasteiger partial charge >= 0.3 is 5.97 Å². The number of carbonyl (C=O) groups is 3. The average Bonchev–Trinajstić information content (AvgIpc) is 3.44. The molecule has 3 aromatic rings. The molecule has 0 spiro atoms. The Morgan fingerprint density at radius 3 is 2.69 bits per heavy atom. The molecule has 0 atom stereocenters. The summed E-state index contributed by atoms with van der Waals surface area (Å²) in [5, 5.41) is 9.56. The highest BCUT2D eigenvalue weighted by atomic mass is 32.1. The van der Waals surface area contributed by atoms with Crippen LogP contribution < -0.4 is 10.6 Å². The highest BCUT2D eigenvalue weighted by Crippen LogP contribution is 2.23. The van der Waals surface area contributed by atoms with Crippen LogP contribution in [0.2, 0.25) is 0 Å². The van der Waals surface area contributed by atoms with Gasteiger partial charge in [-0.15, -0.1) is 0 Å². The van der Waals surface area contributed by atoms with Crippen LogP contribution in [-0.4, -0.2) is 46.1 Å². The van der Waals surface area contributed by atoms with Gasteiger partial charge in [-0.2, -0.15) is 4.98 Å². The van der Waals surface area contributed by atoms with Crippen molar-refractivity contribution in [3.05, 3.63) is 46.3 Å². The molecule has 0 saturated carbocycles. The summed E-state index contributed by atoms with van der Waals surface area (Å²) < 4.78 is 10.3. The van der Waals surface area contributed by atoms with Crippen LogP contribution in [0.3, 0.4) is 0 Å². The van der Waals surface area contributed by atoms with Gasteiger partial charge in [0.2, 0.25) is 17.6 Å². The number of anilines is 1. The standard InChI is InChI=1S/C24H29N5O5S/c1-4-5-6-7-13-33-23(32)20-15(2)26-24(35-20)28-19(30)11-12-25-22(31)18-10-8-9-17(14-18)21-27-16(3)34-29-21/h8-10,14H,4-7,11-13H2,1-3H3,(H,25,31)(H,26,28,30). The first-order chi connectivity index (χ1) is 16.9. The van der Waals surface area contributed by atoms with Crippen LogP contribution in [0.4, 0.5) is 5.13 Å². The van der Waals surface area contributed by atoms with Gasteiger partial charge in [-0.3, -0.25) is 9.59 Å². The number of ether oxygens (including phenoxy) is 1. The SMILES string of the molecule is CCCCCCOC(=O)c1sc(NC(=O)CCNC(=O)c2cccc(-c3noc(C)n3)c2)nc1C. The van der Waals surface area contributed by atoms with Gasteiger partial charge in [0.25, 0.3) is 5.91 Å². The number of unbranched alkanes of at least 4 members (excludes halogenated alkanes) is 3. The Balaban J connectivity index is 1.45. The lowest BCUT2D eigenvalue weighted by Crippen LogP contribution is -2.27. The molecule has 35 heavy (non-hydrogen) atoms. The fraction of sp³-hybridized carbons (Fsp3) is 0.417. The lowest BCUT2D eigenvalue weighted by atomic mass is 10.1. The summed E-state index contributed by atoms with van der Waals surface area (Å²) in [4.78, 5) is 45.8. The van der Waals surface area contributed by atoms with E-state index in [4.69, 9.17) is 9.26 Å². The number of aromatic nitrogens is 3. The van der Waals surface area contributed by atoms with Crippen molar-refractivity contribution >= 4 is 34.3 Å². The summed E-state index contributed by atoms with van der Waals surface area (Å²) in [6.07, 6.45) is 4.12. The number of hydrogen-bond acceptors (Lipinski definition) is 9. The van der Waals surface area contributed by atoms with Gasteiger partial charge < -0.3 is 19.9 Å². The summed E-state index contributed by atoms with van der Waals surface area (Å²) in [5.41, 5.74) is 1.58. The van der Waals surface area contributed by atoms with Gasteiger partial charge in [0, 0.05) is 31.0 Å². The van der Waals surface area contributed by atoms with E-state index >= 15 is 0 Å². The van der Waals surface area contributed by atoms with Crippen LogP contribution in [0.1, 0.15) is 70.6 Å². The monoisotopic (exact) mass is 499 g/mol. The van der Waals surface area contributed by atoms with E-state index in [0.29, 0.717) is 45.2 Å². The predicted molar refractivity (Wildman–Crippen MR) is 131 cm³/mol. The van der Waals surface area contributed by atoms with E-state index in [1.165, 1.54) is 0 Å². The number of esters is 1. The molecule has 186 valence electrons. The normalized spacial score (nSPS) is 10.7. The zero-order valence-electron chi connectivity index (χ0n) is 20.1. The Bertz CT molecular complexity index is 1170. The van der Waals surface area contributed by atoms with Crippen molar-refractivity contribution in [1.82, 2.24) is 20.4 Å². The third-order valence-electron chi connectivity index (χ3n) is 5.01. The highest BCUT2D eigenvalue weighted by molar-refractivity contribution is 7.17. The van der Waals surface area contributed by atoms with Crippen molar-refractivity contribution in [2.45, 2.75) is 52.9 Å². The Labute approximate surface area is 207 Å². The molecule has 0 saturated heterocycles. The van der Waals surface area contributed by atoms with Gasteiger partial charge in [0.15, 0.2) is 5.13 Å². The molecule has 2 amide bonds. The number of thiazole rings is 1. The largest absolute Gasteiger partial charge is 0.461 e. The molecule has 0 unspecified atom stereocenters. The maximum Gasteiger partial charge on any atom is 0.350 e. The number of benzene rings is 1. The van der Waals surface area contributed by atoms with Crippen LogP contribution in [0.15, 0.2) is 28.8 Å². The van der Waals surface area contributed by atoms with Crippen molar-refractivity contribution in [1.29, 1.82) is 0 Å². The smallest absolute Gasteiger partial charge is 0.350 e. The van der Waals surface area contributed by atoms with Crippen molar-refractivity contribution in [2.24, 2.45) is 0 Å². The second kappa shape index (κ2) is 12.7. The van der Waals surface area contributed by atoms with Crippen molar-refractivity contribution in [2.75, 3.05) is 18.5 Å². The van der Waals surface area contributed by atoms with E-state index < -0.39 is 5.97 Å². The van der Waals surface area contributed by atoms with Gasteiger partial charge in [-0.25, -0.2) is 9.78 Å². The minimum atomic E-state index is -0.428. The summed E-state index contributed by atoms with van der Waals surface area (Å²) in [7, 11) is 0. The summed E-state index contributed by atoms with van der Waals surface area (Å²) in [6.45, 7) is 6.01. The molecule has 2 N–H and O–H groups in total. The van der Waals surface area contributed by atoms with Crippen LogP contribution in [0.5, 0.6) is 0 Å². The third kappa shape index (κ3) is 7.71. The van der Waals surface area contributed by atoms with E-state index in [0.717, 1.165) is 37.0 Å². The number of amides is 2.